The van der Waals surface area contributed by atoms with Crippen molar-refractivity contribution in [1.29, 1.82) is 0 Å². The van der Waals surface area contributed by atoms with Crippen molar-refractivity contribution in [3.63, 3.8) is 0 Å². The van der Waals surface area contributed by atoms with Gasteiger partial charge in [-0.25, -0.2) is 0 Å². The zero-order valence-corrected chi connectivity index (χ0v) is 11.2. The molecule has 14 heavy (non-hydrogen) atoms. The molecule has 0 saturated carbocycles. The van der Waals surface area contributed by atoms with Crippen LogP contribution in [0.25, 0.3) is 0 Å². The highest BCUT2D eigenvalue weighted by atomic mass is 14.3. The Kier molecular flexibility index (Phi) is 5.78. The van der Waals surface area contributed by atoms with Gasteiger partial charge in [0.15, 0.2) is 0 Å². The van der Waals surface area contributed by atoms with Crippen LogP contribution in [0.5, 0.6) is 0 Å². The van der Waals surface area contributed by atoms with Crippen LogP contribution in [0.15, 0.2) is 0 Å². The van der Waals surface area contributed by atoms with Gasteiger partial charge in [-0.3, -0.25) is 0 Å². The molecule has 0 nitrogen and oxygen atoms in total. The van der Waals surface area contributed by atoms with Crippen LogP contribution in [0, 0.1) is 10.8 Å². The second-order valence-corrected chi connectivity index (χ2v) is 6.01. The minimum absolute atomic E-state index is 0.536. The summed E-state index contributed by atoms with van der Waals surface area (Å²) in [5, 5.41) is 0. The van der Waals surface area contributed by atoms with Gasteiger partial charge in [-0.05, 0) is 30.1 Å². The largest absolute Gasteiger partial charge is 0.0654 e. The van der Waals surface area contributed by atoms with Crippen molar-refractivity contribution < 1.29 is 0 Å². The highest BCUT2D eigenvalue weighted by Crippen LogP contribution is 2.41. The Morgan fingerprint density at radius 2 is 1.29 bits per heavy atom. The third-order valence-corrected chi connectivity index (χ3v) is 3.54. The molecule has 0 aromatic carbocycles. The van der Waals surface area contributed by atoms with Crippen molar-refractivity contribution >= 4 is 0 Å². The summed E-state index contributed by atoms with van der Waals surface area (Å²) >= 11 is 0. The van der Waals surface area contributed by atoms with Gasteiger partial charge in [-0.1, -0.05) is 60.8 Å². The quantitative estimate of drug-likeness (QED) is 0.512. The summed E-state index contributed by atoms with van der Waals surface area (Å²) in [6, 6.07) is 0. The molecular formula is C14H30. The number of rotatable bonds is 7. The van der Waals surface area contributed by atoms with E-state index in [9.17, 15) is 0 Å². The van der Waals surface area contributed by atoms with E-state index in [-0.39, 0.29) is 0 Å². The molecule has 0 aliphatic carbocycles. The topological polar surface area (TPSA) is 0 Å². The fourth-order valence-corrected chi connectivity index (χ4v) is 2.91. The van der Waals surface area contributed by atoms with Gasteiger partial charge in [0.2, 0.25) is 0 Å². The Labute approximate surface area is 91.5 Å². The fraction of sp³-hybridized carbons (Fsp3) is 1.00. The lowest BCUT2D eigenvalue weighted by molar-refractivity contribution is 0.146. The van der Waals surface area contributed by atoms with Crippen LogP contribution in [0.3, 0.4) is 0 Å². The Morgan fingerprint density at radius 1 is 0.786 bits per heavy atom. The normalized spacial score (nSPS) is 16.7. The van der Waals surface area contributed by atoms with Crippen molar-refractivity contribution in [3.05, 3.63) is 0 Å². The lowest BCUT2D eigenvalue weighted by atomic mass is 9.69. The summed E-state index contributed by atoms with van der Waals surface area (Å²) < 4.78 is 0. The van der Waals surface area contributed by atoms with E-state index in [2.05, 4.69) is 41.5 Å². The van der Waals surface area contributed by atoms with Crippen molar-refractivity contribution in [2.24, 2.45) is 10.8 Å². The Morgan fingerprint density at radius 3 is 1.64 bits per heavy atom. The van der Waals surface area contributed by atoms with Crippen LogP contribution in [0.4, 0.5) is 0 Å². The van der Waals surface area contributed by atoms with E-state index < -0.39 is 0 Å². The Balaban J connectivity index is 4.28. The maximum Gasteiger partial charge on any atom is -0.0323 e. The summed E-state index contributed by atoms with van der Waals surface area (Å²) in [6.07, 6.45) is 8.11. The molecule has 1 atom stereocenters. The van der Waals surface area contributed by atoms with Gasteiger partial charge in [0.05, 0.1) is 0 Å². The van der Waals surface area contributed by atoms with Crippen LogP contribution in [0.1, 0.15) is 80.1 Å². The van der Waals surface area contributed by atoms with Crippen LogP contribution in [-0.4, -0.2) is 0 Å². The standard InChI is InChI=1S/C14H30/c1-7-10-13(4,5)12-14(6,9-3)11-8-2/h7-12H2,1-6H3. The molecule has 0 heteroatoms. The first-order valence-corrected chi connectivity index (χ1v) is 6.39. The summed E-state index contributed by atoms with van der Waals surface area (Å²) in [5.41, 5.74) is 1.11. The molecule has 1 unspecified atom stereocenters. The first kappa shape index (κ1) is 14.0. The zero-order chi connectivity index (χ0) is 11.2. The molecule has 0 N–H and O–H groups in total. The third kappa shape index (κ3) is 5.02. The summed E-state index contributed by atoms with van der Waals surface area (Å²) in [6.45, 7) is 14.3. The summed E-state index contributed by atoms with van der Waals surface area (Å²) in [7, 11) is 0. The maximum atomic E-state index is 2.47. The van der Waals surface area contributed by atoms with Crippen LogP contribution >= 0.6 is 0 Å². The predicted molar refractivity (Wildman–Crippen MR) is 66.6 cm³/mol. The van der Waals surface area contributed by atoms with Crippen molar-refractivity contribution in [3.8, 4) is 0 Å². The maximum absolute atomic E-state index is 2.47. The molecule has 0 aromatic heterocycles. The van der Waals surface area contributed by atoms with Gasteiger partial charge >= 0.3 is 0 Å². The van der Waals surface area contributed by atoms with E-state index >= 15 is 0 Å². The predicted octanol–water partition coefficient (Wildman–Crippen LogP) is 5.42. The monoisotopic (exact) mass is 198 g/mol. The van der Waals surface area contributed by atoms with Gasteiger partial charge in [0.25, 0.3) is 0 Å². The second-order valence-electron chi connectivity index (χ2n) is 6.01. The van der Waals surface area contributed by atoms with Gasteiger partial charge in [-0.2, -0.15) is 0 Å². The molecule has 86 valence electrons. The van der Waals surface area contributed by atoms with E-state index in [0.717, 1.165) is 0 Å². The molecule has 0 radical (unpaired) electrons. The van der Waals surface area contributed by atoms with Gasteiger partial charge in [0.1, 0.15) is 0 Å². The zero-order valence-electron chi connectivity index (χ0n) is 11.2. The molecule has 0 bridgehead atoms. The highest BCUT2D eigenvalue weighted by molar-refractivity contribution is 4.81. The third-order valence-electron chi connectivity index (χ3n) is 3.54. The van der Waals surface area contributed by atoms with E-state index in [1.54, 1.807) is 0 Å². The van der Waals surface area contributed by atoms with Gasteiger partial charge < -0.3 is 0 Å². The van der Waals surface area contributed by atoms with E-state index in [4.69, 9.17) is 0 Å². The second kappa shape index (κ2) is 5.78. The highest BCUT2D eigenvalue weighted by Gasteiger charge is 2.29. The molecule has 0 aliphatic heterocycles. The van der Waals surface area contributed by atoms with Crippen LogP contribution in [-0.2, 0) is 0 Å². The molecule has 0 aliphatic rings. The van der Waals surface area contributed by atoms with E-state index in [0.29, 0.717) is 10.8 Å². The van der Waals surface area contributed by atoms with Crippen LogP contribution < -0.4 is 0 Å². The first-order valence-electron chi connectivity index (χ1n) is 6.39. The van der Waals surface area contributed by atoms with Gasteiger partial charge in [-0.15, -0.1) is 0 Å². The Hall–Kier alpha value is 0. The molecule has 0 fully saturated rings. The first-order chi connectivity index (χ1) is 6.39. The molecule has 0 amide bonds. The van der Waals surface area contributed by atoms with Gasteiger partial charge in [0, 0.05) is 0 Å². The average molecular weight is 198 g/mol. The lowest BCUT2D eigenvalue weighted by Gasteiger charge is -2.37. The minimum atomic E-state index is 0.536. The fourth-order valence-electron chi connectivity index (χ4n) is 2.91. The SMILES string of the molecule is CCCC(C)(C)CC(C)(CC)CCC. The average Bonchev–Trinajstić information content (AvgIpc) is 2.03. The molecule has 0 aromatic rings. The lowest BCUT2D eigenvalue weighted by Crippen LogP contribution is -2.25. The van der Waals surface area contributed by atoms with Crippen molar-refractivity contribution in [1.82, 2.24) is 0 Å². The summed E-state index contributed by atoms with van der Waals surface area (Å²) in [5.74, 6) is 0. The molecule has 0 saturated heterocycles. The smallest absolute Gasteiger partial charge is 0.0323 e. The Bertz CT molecular complexity index is 146. The summed E-state index contributed by atoms with van der Waals surface area (Å²) in [4.78, 5) is 0. The molecule has 0 spiro atoms. The molecule has 0 heterocycles. The number of hydrogen-bond donors (Lipinski definition) is 0. The van der Waals surface area contributed by atoms with Crippen molar-refractivity contribution in [2.75, 3.05) is 0 Å². The molecular weight excluding hydrogens is 168 g/mol. The van der Waals surface area contributed by atoms with E-state index in [1.807, 2.05) is 0 Å². The minimum Gasteiger partial charge on any atom is -0.0654 e. The molecule has 0 rings (SSSR count). The van der Waals surface area contributed by atoms with E-state index in [1.165, 1.54) is 38.5 Å². The van der Waals surface area contributed by atoms with Crippen molar-refractivity contribution in [2.45, 2.75) is 80.1 Å². The number of hydrogen-bond acceptors (Lipinski definition) is 0. The van der Waals surface area contributed by atoms with Crippen LogP contribution in [0.2, 0.25) is 0 Å².